The molecule has 2 aromatic carbocycles. The molecular weight excluding hydrogens is 500 g/mol. The van der Waals surface area contributed by atoms with Crippen LogP contribution in [0.4, 0.5) is 11.4 Å². The highest BCUT2D eigenvalue weighted by atomic mass is 16.6. The Bertz CT molecular complexity index is 901. The molecule has 0 amide bonds. The minimum Gasteiger partial charge on any atom is -0.489 e. The molecule has 0 unspecified atom stereocenters. The van der Waals surface area contributed by atoms with Gasteiger partial charge in [0.1, 0.15) is 36.1 Å². The largest absolute Gasteiger partial charge is 0.489 e. The number of hydrogen-bond acceptors (Lipinski definition) is 6. The van der Waals surface area contributed by atoms with Crippen molar-refractivity contribution in [3.05, 3.63) is 47.5 Å². The van der Waals surface area contributed by atoms with Crippen LogP contribution in [0.3, 0.4) is 0 Å². The Morgan fingerprint density at radius 3 is 1.35 bits per heavy atom. The maximum absolute atomic E-state index is 6.07. The van der Waals surface area contributed by atoms with Crippen LogP contribution < -0.4 is 9.47 Å². The third-order valence-electron chi connectivity index (χ3n) is 7.29. The van der Waals surface area contributed by atoms with Crippen molar-refractivity contribution < 1.29 is 18.9 Å². The average molecular weight is 553 g/mol. The molecule has 1 aliphatic rings. The van der Waals surface area contributed by atoms with E-state index in [1.165, 1.54) is 88.2 Å². The number of aryl methyl sites for hydroxylation is 2. The lowest BCUT2D eigenvalue weighted by atomic mass is 10.0. The molecule has 1 aliphatic heterocycles. The number of ether oxygens (including phenoxy) is 4. The van der Waals surface area contributed by atoms with Gasteiger partial charge in [-0.05, 0) is 61.1 Å². The molecule has 0 atom stereocenters. The van der Waals surface area contributed by atoms with Gasteiger partial charge in [-0.2, -0.15) is 0 Å². The van der Waals surface area contributed by atoms with E-state index in [0.29, 0.717) is 39.6 Å². The average Bonchev–Trinajstić information content (AvgIpc) is 2.97. The van der Waals surface area contributed by atoms with Crippen LogP contribution in [0, 0.1) is 0 Å². The van der Waals surface area contributed by atoms with Crippen molar-refractivity contribution in [1.29, 1.82) is 0 Å². The minimum atomic E-state index is 0.460. The first-order valence-electron chi connectivity index (χ1n) is 15.9. The molecule has 0 saturated carbocycles. The van der Waals surface area contributed by atoms with Crippen LogP contribution in [0.15, 0.2) is 46.6 Å². The lowest BCUT2D eigenvalue weighted by Gasteiger charge is -2.13. The van der Waals surface area contributed by atoms with Gasteiger partial charge in [-0.25, -0.2) is 0 Å². The van der Waals surface area contributed by atoms with Crippen LogP contribution in [-0.4, -0.2) is 39.6 Å². The number of azo groups is 1. The van der Waals surface area contributed by atoms with Crippen molar-refractivity contribution in [2.45, 2.75) is 104 Å². The van der Waals surface area contributed by atoms with E-state index in [4.69, 9.17) is 29.2 Å². The van der Waals surface area contributed by atoms with Gasteiger partial charge in [0.25, 0.3) is 0 Å². The number of unbranched alkanes of at least 4 members (excludes halogenated alkanes) is 10. The van der Waals surface area contributed by atoms with Crippen molar-refractivity contribution in [2.24, 2.45) is 10.2 Å². The summed E-state index contributed by atoms with van der Waals surface area (Å²) in [4.78, 5) is 0. The Morgan fingerprint density at radius 1 is 0.500 bits per heavy atom. The summed E-state index contributed by atoms with van der Waals surface area (Å²) in [6.45, 7) is 7.51. The molecule has 0 radical (unpaired) electrons. The number of benzene rings is 2. The fraction of sp³-hybridized carbons (Fsp3) is 0.647. The van der Waals surface area contributed by atoms with E-state index in [-0.39, 0.29) is 0 Å². The molecule has 222 valence electrons. The van der Waals surface area contributed by atoms with Gasteiger partial charge in [0.15, 0.2) is 0 Å². The van der Waals surface area contributed by atoms with E-state index in [9.17, 15) is 0 Å². The fourth-order valence-electron chi connectivity index (χ4n) is 4.91. The lowest BCUT2D eigenvalue weighted by Crippen LogP contribution is -2.13. The summed E-state index contributed by atoms with van der Waals surface area (Å²) in [5.41, 5.74) is 4.05. The molecule has 0 saturated heterocycles. The maximum atomic E-state index is 6.07. The van der Waals surface area contributed by atoms with E-state index in [1.807, 2.05) is 12.1 Å². The lowest BCUT2D eigenvalue weighted by molar-refractivity contribution is 0.0274. The zero-order valence-corrected chi connectivity index (χ0v) is 25.1. The van der Waals surface area contributed by atoms with E-state index in [1.54, 1.807) is 0 Å². The van der Waals surface area contributed by atoms with Gasteiger partial charge in [-0.1, -0.05) is 90.2 Å². The van der Waals surface area contributed by atoms with Crippen molar-refractivity contribution in [3.63, 3.8) is 0 Å². The molecule has 0 aromatic heterocycles. The normalized spacial score (nSPS) is 14.7. The zero-order chi connectivity index (χ0) is 28.1. The summed E-state index contributed by atoms with van der Waals surface area (Å²) in [7, 11) is 0. The molecule has 0 spiro atoms. The smallest absolute Gasteiger partial charge is 0.146 e. The number of rotatable bonds is 14. The van der Waals surface area contributed by atoms with Crippen molar-refractivity contribution >= 4 is 11.4 Å². The summed E-state index contributed by atoms with van der Waals surface area (Å²) in [6, 6.07) is 12.6. The monoisotopic (exact) mass is 552 g/mol. The molecule has 0 N–H and O–H groups in total. The van der Waals surface area contributed by atoms with Gasteiger partial charge in [-0.3, -0.25) is 0 Å². The Balaban J connectivity index is 1.74. The first kappa shape index (κ1) is 32.1. The first-order valence-corrected chi connectivity index (χ1v) is 15.9. The summed E-state index contributed by atoms with van der Waals surface area (Å²) in [6.07, 6.45) is 17.5. The number of hydrogen-bond donors (Lipinski definition) is 0. The molecular formula is C34H52N2O4. The molecule has 40 heavy (non-hydrogen) atoms. The predicted octanol–water partition coefficient (Wildman–Crippen LogP) is 9.71. The highest BCUT2D eigenvalue weighted by Gasteiger charge is 2.10. The van der Waals surface area contributed by atoms with Crippen LogP contribution in [0.5, 0.6) is 11.5 Å². The fourth-order valence-corrected chi connectivity index (χ4v) is 4.91. The van der Waals surface area contributed by atoms with Gasteiger partial charge in [0.2, 0.25) is 0 Å². The first-order chi connectivity index (χ1) is 19.8. The highest BCUT2D eigenvalue weighted by molar-refractivity contribution is 5.56. The Hall–Kier alpha value is -2.44. The number of fused-ring (bicyclic) bond motifs is 2. The zero-order valence-electron chi connectivity index (χ0n) is 25.1. The molecule has 6 nitrogen and oxygen atoms in total. The van der Waals surface area contributed by atoms with E-state index >= 15 is 0 Å². The third-order valence-corrected chi connectivity index (χ3v) is 7.29. The second kappa shape index (κ2) is 20.4. The highest BCUT2D eigenvalue weighted by Crippen LogP contribution is 2.35. The molecule has 6 heteroatoms. The molecule has 0 bridgehead atoms. The van der Waals surface area contributed by atoms with Crippen LogP contribution in [-0.2, 0) is 22.3 Å². The molecule has 2 aromatic rings. The van der Waals surface area contributed by atoms with Crippen molar-refractivity contribution in [1.82, 2.24) is 0 Å². The van der Waals surface area contributed by atoms with Gasteiger partial charge in [-0.15, -0.1) is 10.2 Å². The molecule has 0 aliphatic carbocycles. The van der Waals surface area contributed by atoms with E-state index < -0.39 is 0 Å². The molecule has 3 rings (SSSR count). The second-order valence-corrected chi connectivity index (χ2v) is 10.8. The third kappa shape index (κ3) is 12.8. The van der Waals surface area contributed by atoms with Crippen LogP contribution in [0.25, 0.3) is 0 Å². The Labute approximate surface area is 242 Å². The quantitative estimate of drug-likeness (QED) is 0.219. The van der Waals surface area contributed by atoms with Gasteiger partial charge < -0.3 is 18.9 Å². The van der Waals surface area contributed by atoms with E-state index in [0.717, 1.165) is 35.7 Å². The summed E-state index contributed by atoms with van der Waals surface area (Å²) < 4.78 is 23.4. The van der Waals surface area contributed by atoms with Gasteiger partial charge >= 0.3 is 0 Å². The molecule has 1 heterocycles. The van der Waals surface area contributed by atoms with Gasteiger partial charge in [0.05, 0.1) is 26.4 Å². The Kier molecular flexibility index (Phi) is 16.4. The van der Waals surface area contributed by atoms with Crippen molar-refractivity contribution in [2.75, 3.05) is 39.6 Å². The Morgan fingerprint density at radius 2 is 0.900 bits per heavy atom. The van der Waals surface area contributed by atoms with Crippen molar-refractivity contribution in [3.8, 4) is 11.5 Å². The number of nitrogens with zero attached hydrogens (tertiary/aromatic N) is 2. The predicted molar refractivity (Wildman–Crippen MR) is 164 cm³/mol. The van der Waals surface area contributed by atoms with Gasteiger partial charge in [0, 0.05) is 0 Å². The summed E-state index contributed by atoms with van der Waals surface area (Å²) in [5.74, 6) is 1.46. The van der Waals surface area contributed by atoms with Crippen LogP contribution in [0.1, 0.15) is 102 Å². The maximum Gasteiger partial charge on any atom is 0.146 e. The topological polar surface area (TPSA) is 61.6 Å². The summed E-state index contributed by atoms with van der Waals surface area (Å²) in [5, 5.41) is 9.41. The second-order valence-electron chi connectivity index (χ2n) is 10.8. The molecule has 0 fully saturated rings. The SMILES string of the molecule is CCCCCCCCc1ccc2c(c1)N=Nc1cc(CCCCCCCC)ccc1OCCOCCOCCO2. The van der Waals surface area contributed by atoms with Crippen LogP contribution >= 0.6 is 0 Å². The summed E-state index contributed by atoms with van der Waals surface area (Å²) >= 11 is 0. The standard InChI is InChI=1S/C34H52N2O4/c1-3-5-7-9-11-13-15-29-17-19-33-31(27-29)35-36-32-28-30(16-14-12-10-8-6-4-2)18-20-34(32)40-26-24-38-22-21-37-23-25-39-33/h17-20,27-28H,3-16,21-26H2,1-2H3. The minimum absolute atomic E-state index is 0.460. The van der Waals surface area contributed by atoms with E-state index in [2.05, 4.69) is 38.1 Å². The van der Waals surface area contributed by atoms with Crippen LogP contribution in [0.2, 0.25) is 0 Å².